The van der Waals surface area contributed by atoms with Gasteiger partial charge in [0.1, 0.15) is 11.9 Å². The molecule has 23 heavy (non-hydrogen) atoms. The van der Waals surface area contributed by atoms with Crippen LogP contribution in [0.5, 0.6) is 5.75 Å². The third-order valence-electron chi connectivity index (χ3n) is 3.70. The van der Waals surface area contributed by atoms with Crippen molar-refractivity contribution in [3.8, 4) is 5.75 Å². The van der Waals surface area contributed by atoms with Crippen molar-refractivity contribution in [3.63, 3.8) is 0 Å². The van der Waals surface area contributed by atoms with E-state index >= 15 is 0 Å². The van der Waals surface area contributed by atoms with E-state index in [1.165, 1.54) is 17.3 Å². The number of hydrogen-bond acceptors (Lipinski definition) is 5. The van der Waals surface area contributed by atoms with Crippen LogP contribution in [0.3, 0.4) is 0 Å². The van der Waals surface area contributed by atoms with Crippen LogP contribution >= 0.6 is 0 Å². The number of pyridine rings is 1. The van der Waals surface area contributed by atoms with Crippen molar-refractivity contribution >= 4 is 11.9 Å². The number of imidazole rings is 1. The number of carboxylic acid groups (broad SMARTS) is 1. The zero-order chi connectivity index (χ0) is 16.2. The number of hydrogen-bond donors (Lipinski definition) is 2. The molecule has 0 atom stereocenters. The molecule has 0 spiro atoms. The highest BCUT2D eigenvalue weighted by Gasteiger charge is 2.23. The molecule has 8 heteroatoms. The fraction of sp³-hybridized carbons (Fsp3) is 0.333. The van der Waals surface area contributed by atoms with Gasteiger partial charge in [-0.3, -0.25) is 9.78 Å². The van der Waals surface area contributed by atoms with Crippen molar-refractivity contribution in [1.82, 2.24) is 19.9 Å². The number of ketones is 1. The molecular formula is C15H16N4O4. The summed E-state index contributed by atoms with van der Waals surface area (Å²) in [6, 6.07) is 1.63. The van der Waals surface area contributed by atoms with Crippen molar-refractivity contribution in [1.29, 1.82) is 0 Å². The normalized spacial score (nSPS) is 15.4. The minimum Gasteiger partial charge on any atom is -0.489 e. The van der Waals surface area contributed by atoms with E-state index in [0.717, 1.165) is 0 Å². The Morgan fingerprint density at radius 1 is 1.30 bits per heavy atom. The van der Waals surface area contributed by atoms with Gasteiger partial charge in [0, 0.05) is 50.1 Å². The minimum atomic E-state index is -0.906. The Kier molecular flexibility index (Phi) is 4.22. The largest absolute Gasteiger partial charge is 0.489 e. The molecule has 1 aliphatic rings. The molecule has 0 bridgehead atoms. The van der Waals surface area contributed by atoms with Gasteiger partial charge < -0.3 is 19.7 Å². The second-order valence-corrected chi connectivity index (χ2v) is 5.26. The number of amides is 1. The van der Waals surface area contributed by atoms with Gasteiger partial charge in [0.15, 0.2) is 5.82 Å². The summed E-state index contributed by atoms with van der Waals surface area (Å²) in [5, 5.41) is 8.93. The molecule has 0 aromatic carbocycles. The Morgan fingerprint density at radius 2 is 2.09 bits per heavy atom. The topological polar surface area (TPSA) is 108 Å². The highest BCUT2D eigenvalue weighted by atomic mass is 16.5. The predicted molar refractivity (Wildman–Crippen MR) is 79.5 cm³/mol. The summed E-state index contributed by atoms with van der Waals surface area (Å²) >= 11 is 0. The number of H-pyrrole nitrogens is 1. The smallest absolute Gasteiger partial charge is 0.407 e. The van der Waals surface area contributed by atoms with Gasteiger partial charge >= 0.3 is 6.09 Å². The maximum atomic E-state index is 12.2. The Morgan fingerprint density at radius 3 is 2.74 bits per heavy atom. The second-order valence-electron chi connectivity index (χ2n) is 5.26. The quantitative estimate of drug-likeness (QED) is 0.829. The van der Waals surface area contributed by atoms with E-state index in [0.29, 0.717) is 37.2 Å². The van der Waals surface area contributed by atoms with Gasteiger partial charge in [-0.2, -0.15) is 0 Å². The Hall–Kier alpha value is -2.90. The van der Waals surface area contributed by atoms with E-state index in [1.54, 1.807) is 18.5 Å². The van der Waals surface area contributed by atoms with Gasteiger partial charge in [-0.25, -0.2) is 9.78 Å². The lowest BCUT2D eigenvalue weighted by Gasteiger charge is -2.30. The van der Waals surface area contributed by atoms with Crippen LogP contribution in [-0.4, -0.2) is 56.0 Å². The number of likely N-dealkylation sites (tertiary alicyclic amines) is 1. The molecule has 0 saturated carbocycles. The summed E-state index contributed by atoms with van der Waals surface area (Å²) in [7, 11) is 0. The van der Waals surface area contributed by atoms with Crippen LogP contribution in [0.15, 0.2) is 30.9 Å². The number of aromatic nitrogens is 3. The highest BCUT2D eigenvalue weighted by Crippen LogP contribution is 2.20. The molecule has 3 heterocycles. The van der Waals surface area contributed by atoms with Gasteiger partial charge in [-0.05, 0) is 6.07 Å². The summed E-state index contributed by atoms with van der Waals surface area (Å²) in [6.07, 6.45) is 6.34. The standard InChI is InChI=1S/C15H16N4O4/c20-13(14-17-3-4-18-14)10-7-12(9-16-8-10)23-11-1-5-19(6-2-11)15(21)22/h3-4,7-9,11H,1-2,5-6H2,(H,17,18)(H,21,22). The Labute approximate surface area is 132 Å². The van der Waals surface area contributed by atoms with Crippen LogP contribution in [0.1, 0.15) is 29.0 Å². The number of carbonyl (C=O) groups excluding carboxylic acids is 1. The van der Waals surface area contributed by atoms with Crippen LogP contribution in [0.2, 0.25) is 0 Å². The molecule has 3 rings (SSSR count). The first kappa shape index (κ1) is 15.0. The van der Waals surface area contributed by atoms with E-state index in [9.17, 15) is 9.59 Å². The molecule has 8 nitrogen and oxygen atoms in total. The van der Waals surface area contributed by atoms with Gasteiger partial charge in [0.25, 0.3) is 0 Å². The average Bonchev–Trinajstić information content (AvgIpc) is 3.09. The third kappa shape index (κ3) is 3.47. The summed E-state index contributed by atoms with van der Waals surface area (Å²) in [5.41, 5.74) is 0.389. The summed E-state index contributed by atoms with van der Waals surface area (Å²) in [5.74, 6) is 0.489. The number of nitrogens with one attached hydrogen (secondary N) is 1. The fourth-order valence-electron chi connectivity index (χ4n) is 2.49. The number of nitrogens with zero attached hydrogens (tertiary/aromatic N) is 3. The zero-order valence-electron chi connectivity index (χ0n) is 12.3. The molecule has 1 aliphatic heterocycles. The maximum Gasteiger partial charge on any atom is 0.407 e. The first-order valence-electron chi connectivity index (χ1n) is 7.27. The molecule has 1 fully saturated rings. The molecule has 0 radical (unpaired) electrons. The van der Waals surface area contributed by atoms with E-state index in [-0.39, 0.29) is 17.7 Å². The zero-order valence-corrected chi connectivity index (χ0v) is 12.3. The van der Waals surface area contributed by atoms with Crippen LogP contribution in [-0.2, 0) is 0 Å². The Balaban J connectivity index is 1.64. The van der Waals surface area contributed by atoms with E-state index in [2.05, 4.69) is 15.0 Å². The highest BCUT2D eigenvalue weighted by molar-refractivity contribution is 6.06. The van der Waals surface area contributed by atoms with Crippen molar-refractivity contribution in [2.45, 2.75) is 18.9 Å². The van der Waals surface area contributed by atoms with Crippen molar-refractivity contribution in [2.75, 3.05) is 13.1 Å². The van der Waals surface area contributed by atoms with E-state index in [4.69, 9.17) is 9.84 Å². The lowest BCUT2D eigenvalue weighted by atomic mass is 10.1. The van der Waals surface area contributed by atoms with Crippen molar-refractivity contribution in [2.24, 2.45) is 0 Å². The lowest BCUT2D eigenvalue weighted by molar-refractivity contribution is 0.0888. The van der Waals surface area contributed by atoms with Crippen LogP contribution in [0.25, 0.3) is 0 Å². The molecule has 2 aromatic rings. The number of piperidine rings is 1. The molecule has 0 unspecified atom stereocenters. The number of rotatable bonds is 4. The summed E-state index contributed by atoms with van der Waals surface area (Å²) in [6.45, 7) is 0.886. The number of aromatic amines is 1. The van der Waals surface area contributed by atoms with E-state index < -0.39 is 6.09 Å². The molecule has 120 valence electrons. The monoisotopic (exact) mass is 316 g/mol. The third-order valence-corrected chi connectivity index (χ3v) is 3.70. The van der Waals surface area contributed by atoms with E-state index in [1.807, 2.05) is 0 Å². The van der Waals surface area contributed by atoms with Crippen LogP contribution in [0, 0.1) is 0 Å². The molecular weight excluding hydrogens is 300 g/mol. The number of carbonyl (C=O) groups is 2. The van der Waals surface area contributed by atoms with Gasteiger partial charge in [0.05, 0.1) is 6.20 Å². The molecule has 1 saturated heterocycles. The van der Waals surface area contributed by atoms with Crippen molar-refractivity contribution < 1.29 is 19.4 Å². The Bertz CT molecular complexity index is 693. The van der Waals surface area contributed by atoms with Gasteiger partial charge in [0.2, 0.25) is 5.78 Å². The van der Waals surface area contributed by atoms with Gasteiger partial charge in [-0.15, -0.1) is 0 Å². The summed E-state index contributed by atoms with van der Waals surface area (Å²) in [4.78, 5) is 35.2. The molecule has 2 aromatic heterocycles. The SMILES string of the molecule is O=C(c1cncc(OC2CCN(C(=O)O)CC2)c1)c1ncc[nH]1. The molecule has 2 N–H and O–H groups in total. The predicted octanol–water partition coefficient (Wildman–Crippen LogP) is 1.56. The lowest BCUT2D eigenvalue weighted by Crippen LogP contribution is -2.41. The minimum absolute atomic E-state index is 0.0821. The van der Waals surface area contributed by atoms with Crippen LogP contribution in [0.4, 0.5) is 4.79 Å². The fourth-order valence-corrected chi connectivity index (χ4v) is 2.49. The number of ether oxygens (including phenoxy) is 1. The van der Waals surface area contributed by atoms with Crippen molar-refractivity contribution in [3.05, 3.63) is 42.2 Å². The first-order valence-corrected chi connectivity index (χ1v) is 7.27. The average molecular weight is 316 g/mol. The maximum absolute atomic E-state index is 12.2. The van der Waals surface area contributed by atoms with Gasteiger partial charge in [-0.1, -0.05) is 0 Å². The second kappa shape index (κ2) is 6.47. The summed E-state index contributed by atoms with van der Waals surface area (Å²) < 4.78 is 5.83. The molecule has 0 aliphatic carbocycles. The first-order chi connectivity index (χ1) is 11.1. The molecule has 1 amide bonds. The van der Waals surface area contributed by atoms with Crippen LogP contribution < -0.4 is 4.74 Å².